The number of amides is 1. The summed E-state index contributed by atoms with van der Waals surface area (Å²) >= 11 is 1.26. The number of nitrogens with zero attached hydrogens (tertiary/aromatic N) is 3. The summed E-state index contributed by atoms with van der Waals surface area (Å²) in [5.41, 5.74) is -0.772. The molecule has 2 rings (SSSR count). The maximum Gasteiger partial charge on any atom is 0.408 e. The Balaban J connectivity index is 2.08. The van der Waals surface area contributed by atoms with Crippen LogP contribution < -0.4 is 5.32 Å². The Labute approximate surface area is 159 Å². The van der Waals surface area contributed by atoms with Gasteiger partial charge in [0, 0.05) is 11.7 Å². The van der Waals surface area contributed by atoms with E-state index in [1.165, 1.54) is 11.8 Å². The number of aliphatic carboxylic acids is 1. The van der Waals surface area contributed by atoms with E-state index in [1.54, 1.807) is 27.7 Å². The van der Waals surface area contributed by atoms with Gasteiger partial charge < -0.3 is 19.9 Å². The van der Waals surface area contributed by atoms with E-state index >= 15 is 0 Å². The fourth-order valence-electron chi connectivity index (χ4n) is 2.78. The minimum absolute atomic E-state index is 0.186. The van der Waals surface area contributed by atoms with Crippen molar-refractivity contribution in [2.75, 3.05) is 12.4 Å². The van der Waals surface area contributed by atoms with Gasteiger partial charge in [0.15, 0.2) is 0 Å². The molecule has 1 fully saturated rings. The highest BCUT2D eigenvalue weighted by Gasteiger charge is 2.61. The van der Waals surface area contributed by atoms with Crippen molar-refractivity contribution in [1.29, 1.82) is 0 Å². The molecule has 1 amide bonds. The molecule has 4 unspecified atom stereocenters. The monoisotopic (exact) mass is 401 g/mol. The molecule has 3 N–H and O–H groups in total. The number of hydrogen-bond donors (Lipinski definition) is 3. The molecule has 0 aromatic carbocycles. The number of ether oxygens (including phenoxy) is 2. The second-order valence-corrected chi connectivity index (χ2v) is 8.01. The molecule has 12 heteroatoms. The molecule has 0 saturated heterocycles. The van der Waals surface area contributed by atoms with Gasteiger partial charge in [-0.25, -0.2) is 14.7 Å². The number of thioether (sulfide) groups is 1. The Bertz CT molecular complexity index is 677. The van der Waals surface area contributed by atoms with Crippen molar-refractivity contribution in [3.63, 3.8) is 0 Å². The summed E-state index contributed by atoms with van der Waals surface area (Å²) in [5, 5.41) is 25.6. The molecule has 1 aliphatic carbocycles. The van der Waals surface area contributed by atoms with E-state index in [2.05, 4.69) is 25.9 Å². The van der Waals surface area contributed by atoms with Gasteiger partial charge >= 0.3 is 18.0 Å². The number of carboxylic acid groups (broad SMARTS) is 1. The van der Waals surface area contributed by atoms with E-state index in [0.29, 0.717) is 10.9 Å². The van der Waals surface area contributed by atoms with Gasteiger partial charge in [0.1, 0.15) is 11.6 Å². The number of rotatable bonds is 8. The predicted octanol–water partition coefficient (Wildman–Crippen LogP) is 0.695. The standard InChI is InChI=1S/C15H23N5O6S/c1-5-25-12(23)9-7(6-27-13-17-19-20-18-13)8(9)10(11(21)22)16-14(24)26-15(2,3)4/h7-10H,5-6H2,1-4H3,(H,16,24)(H,21,22)(H,17,18,19,20). The second-order valence-electron chi connectivity index (χ2n) is 7.00. The molecule has 1 aromatic heterocycles. The smallest absolute Gasteiger partial charge is 0.408 e. The summed E-state index contributed by atoms with van der Waals surface area (Å²) in [6.07, 6.45) is -0.852. The highest BCUT2D eigenvalue weighted by Crippen LogP contribution is 2.51. The van der Waals surface area contributed by atoms with Crippen LogP contribution in [0.1, 0.15) is 27.7 Å². The number of alkyl carbamates (subject to hydrolysis) is 1. The Morgan fingerprint density at radius 2 is 2.07 bits per heavy atom. The molecule has 27 heavy (non-hydrogen) atoms. The zero-order chi connectivity index (χ0) is 20.2. The normalized spacial score (nSPS) is 22.6. The molecule has 4 atom stereocenters. The number of esters is 1. The van der Waals surface area contributed by atoms with Crippen molar-refractivity contribution in [3.05, 3.63) is 0 Å². The van der Waals surface area contributed by atoms with Crippen LogP contribution in [-0.2, 0) is 19.1 Å². The lowest BCUT2D eigenvalue weighted by atomic mass is 10.1. The zero-order valence-corrected chi connectivity index (χ0v) is 16.3. The van der Waals surface area contributed by atoms with E-state index < -0.39 is 41.5 Å². The van der Waals surface area contributed by atoms with Crippen LogP contribution >= 0.6 is 11.8 Å². The van der Waals surface area contributed by atoms with Gasteiger partial charge in [0.05, 0.1) is 12.5 Å². The molecule has 0 radical (unpaired) electrons. The molecule has 0 bridgehead atoms. The van der Waals surface area contributed by atoms with Crippen molar-refractivity contribution >= 4 is 29.8 Å². The van der Waals surface area contributed by atoms with Gasteiger partial charge in [0.25, 0.3) is 0 Å². The molecule has 150 valence electrons. The van der Waals surface area contributed by atoms with Crippen LogP contribution in [0.2, 0.25) is 0 Å². The van der Waals surface area contributed by atoms with Gasteiger partial charge in [-0.15, -0.1) is 5.10 Å². The van der Waals surface area contributed by atoms with Crippen molar-refractivity contribution in [3.8, 4) is 0 Å². The average molecular weight is 401 g/mol. The Morgan fingerprint density at radius 3 is 2.59 bits per heavy atom. The minimum Gasteiger partial charge on any atom is -0.480 e. The first kappa shape index (κ1) is 20.9. The lowest BCUT2D eigenvalue weighted by Gasteiger charge is -2.22. The van der Waals surface area contributed by atoms with E-state index in [9.17, 15) is 19.5 Å². The van der Waals surface area contributed by atoms with Gasteiger partial charge in [-0.1, -0.05) is 11.8 Å². The van der Waals surface area contributed by atoms with E-state index in [4.69, 9.17) is 9.47 Å². The van der Waals surface area contributed by atoms with Crippen LogP contribution in [0.25, 0.3) is 0 Å². The number of nitrogens with one attached hydrogen (secondary N) is 2. The number of aromatic nitrogens is 4. The maximum atomic E-state index is 12.2. The first-order valence-electron chi connectivity index (χ1n) is 8.39. The minimum atomic E-state index is -1.27. The molecule has 1 heterocycles. The van der Waals surface area contributed by atoms with Crippen molar-refractivity contribution in [2.24, 2.45) is 17.8 Å². The van der Waals surface area contributed by atoms with Gasteiger partial charge in [-0.2, -0.15) is 0 Å². The Hall–Kier alpha value is -2.37. The van der Waals surface area contributed by atoms with Crippen LogP contribution in [0.5, 0.6) is 0 Å². The quantitative estimate of drug-likeness (QED) is 0.418. The van der Waals surface area contributed by atoms with Gasteiger partial charge in [-0.05, 0) is 44.0 Å². The van der Waals surface area contributed by atoms with Crippen molar-refractivity contribution in [1.82, 2.24) is 25.9 Å². The highest BCUT2D eigenvalue weighted by atomic mass is 32.2. The maximum absolute atomic E-state index is 12.2. The SMILES string of the molecule is CCOC(=O)C1C(CSc2nnn[nH]2)C1C(NC(=O)OC(C)(C)C)C(=O)O. The lowest BCUT2D eigenvalue weighted by Crippen LogP contribution is -2.45. The number of carboxylic acids is 1. The third-order valence-electron chi connectivity index (χ3n) is 3.85. The van der Waals surface area contributed by atoms with E-state index in [0.717, 1.165) is 0 Å². The summed E-state index contributed by atoms with van der Waals surface area (Å²) in [7, 11) is 0. The summed E-state index contributed by atoms with van der Waals surface area (Å²) in [6, 6.07) is -1.27. The fraction of sp³-hybridized carbons (Fsp3) is 0.733. The summed E-state index contributed by atoms with van der Waals surface area (Å²) in [4.78, 5) is 35.9. The lowest BCUT2D eigenvalue weighted by molar-refractivity contribution is -0.145. The zero-order valence-electron chi connectivity index (χ0n) is 15.5. The molecule has 11 nitrogen and oxygen atoms in total. The van der Waals surface area contributed by atoms with Crippen molar-refractivity contribution in [2.45, 2.75) is 44.5 Å². The Morgan fingerprint density at radius 1 is 1.37 bits per heavy atom. The summed E-state index contributed by atoms with van der Waals surface area (Å²) in [5.74, 6) is -2.89. The number of aromatic amines is 1. The topological polar surface area (TPSA) is 156 Å². The predicted molar refractivity (Wildman–Crippen MR) is 92.8 cm³/mol. The molecule has 0 aliphatic heterocycles. The molecule has 1 aromatic rings. The molecule has 1 saturated carbocycles. The first-order valence-corrected chi connectivity index (χ1v) is 9.38. The molecule has 0 spiro atoms. The number of carbonyl (C=O) groups is 3. The van der Waals surface area contributed by atoms with Crippen LogP contribution in [-0.4, -0.2) is 67.8 Å². The number of H-pyrrole nitrogens is 1. The fourth-order valence-corrected chi connectivity index (χ4v) is 3.76. The summed E-state index contributed by atoms with van der Waals surface area (Å²) in [6.45, 7) is 6.88. The molecule has 1 aliphatic rings. The third kappa shape index (κ3) is 5.81. The first-order chi connectivity index (χ1) is 12.6. The average Bonchev–Trinajstić information content (AvgIpc) is 2.99. The summed E-state index contributed by atoms with van der Waals surface area (Å²) < 4.78 is 10.2. The molecular formula is C15H23N5O6S. The number of tetrazole rings is 1. The Kier molecular flexibility index (Phi) is 6.63. The molecular weight excluding hydrogens is 378 g/mol. The second kappa shape index (κ2) is 8.55. The number of hydrogen-bond acceptors (Lipinski definition) is 9. The van der Waals surface area contributed by atoms with Gasteiger partial charge in [-0.3, -0.25) is 4.79 Å². The van der Waals surface area contributed by atoms with E-state index in [-0.39, 0.29) is 12.5 Å². The van der Waals surface area contributed by atoms with E-state index in [1.807, 2.05) is 0 Å². The highest BCUT2D eigenvalue weighted by molar-refractivity contribution is 7.99. The van der Waals surface area contributed by atoms with Crippen LogP contribution in [0, 0.1) is 17.8 Å². The number of carbonyl (C=O) groups excluding carboxylic acids is 2. The third-order valence-corrected chi connectivity index (χ3v) is 4.85. The van der Waals surface area contributed by atoms with Crippen LogP contribution in [0.3, 0.4) is 0 Å². The van der Waals surface area contributed by atoms with Crippen LogP contribution in [0.4, 0.5) is 4.79 Å². The van der Waals surface area contributed by atoms with Crippen molar-refractivity contribution < 1.29 is 29.0 Å². The van der Waals surface area contributed by atoms with Gasteiger partial charge in [0.2, 0.25) is 5.16 Å². The largest absolute Gasteiger partial charge is 0.480 e. The van der Waals surface area contributed by atoms with Crippen LogP contribution in [0.15, 0.2) is 5.16 Å².